The Labute approximate surface area is 112 Å². The number of methoxy groups -OCH3 is 1. The second-order valence-corrected chi connectivity index (χ2v) is 4.43. The Morgan fingerprint density at radius 2 is 2.16 bits per heavy atom. The number of benzene rings is 1. The molecule has 2 rings (SSSR count). The lowest BCUT2D eigenvalue weighted by molar-refractivity contribution is 0.344. The Morgan fingerprint density at radius 1 is 1.37 bits per heavy atom. The molecule has 0 unspecified atom stereocenters. The van der Waals surface area contributed by atoms with Crippen LogP contribution >= 0.6 is 0 Å². The van der Waals surface area contributed by atoms with Gasteiger partial charge in [-0.05, 0) is 12.5 Å². The first-order valence-electron chi connectivity index (χ1n) is 6.44. The Balaban J connectivity index is 2.11. The zero-order chi connectivity index (χ0) is 13.7. The number of nitrogens with zero attached hydrogens (tertiary/aromatic N) is 2. The standard InChI is InChI=1S/C14H19N3O2/c1-3-6-11(15)14-16-13(17-19-14)9-10-7-4-5-8-12(10)18-2/h4-5,7-8,11H,3,6,9,15H2,1-2H3/t11-/m1/s1. The van der Waals surface area contributed by atoms with Gasteiger partial charge in [0.2, 0.25) is 5.89 Å². The van der Waals surface area contributed by atoms with Crippen molar-refractivity contribution in [2.75, 3.05) is 7.11 Å². The quantitative estimate of drug-likeness (QED) is 0.864. The van der Waals surface area contributed by atoms with Crippen molar-refractivity contribution in [3.05, 3.63) is 41.5 Å². The van der Waals surface area contributed by atoms with E-state index < -0.39 is 0 Å². The summed E-state index contributed by atoms with van der Waals surface area (Å²) in [5.74, 6) is 1.96. The fourth-order valence-corrected chi connectivity index (χ4v) is 1.94. The third-order valence-electron chi connectivity index (χ3n) is 2.94. The highest BCUT2D eigenvalue weighted by atomic mass is 16.5. The van der Waals surface area contributed by atoms with E-state index in [-0.39, 0.29) is 6.04 Å². The van der Waals surface area contributed by atoms with E-state index in [9.17, 15) is 0 Å². The van der Waals surface area contributed by atoms with Crippen LogP contribution in [-0.2, 0) is 6.42 Å². The van der Waals surface area contributed by atoms with Crippen molar-refractivity contribution < 1.29 is 9.26 Å². The van der Waals surface area contributed by atoms with Crippen molar-refractivity contribution in [1.29, 1.82) is 0 Å². The molecule has 2 aromatic rings. The average Bonchev–Trinajstić information content (AvgIpc) is 2.88. The van der Waals surface area contributed by atoms with E-state index in [0.29, 0.717) is 18.1 Å². The summed E-state index contributed by atoms with van der Waals surface area (Å²) >= 11 is 0. The molecule has 5 nitrogen and oxygen atoms in total. The van der Waals surface area contributed by atoms with Gasteiger partial charge in [0.15, 0.2) is 5.82 Å². The van der Waals surface area contributed by atoms with Crippen LogP contribution in [0.3, 0.4) is 0 Å². The smallest absolute Gasteiger partial charge is 0.243 e. The third-order valence-corrected chi connectivity index (χ3v) is 2.94. The van der Waals surface area contributed by atoms with Crippen molar-refractivity contribution in [3.8, 4) is 5.75 Å². The highest BCUT2D eigenvalue weighted by Crippen LogP contribution is 2.21. The molecule has 0 aliphatic carbocycles. The number of rotatable bonds is 6. The van der Waals surface area contributed by atoms with Gasteiger partial charge in [-0.2, -0.15) is 4.98 Å². The number of para-hydroxylation sites is 1. The van der Waals surface area contributed by atoms with Crippen LogP contribution in [0.4, 0.5) is 0 Å². The van der Waals surface area contributed by atoms with Gasteiger partial charge in [-0.3, -0.25) is 0 Å². The molecule has 0 fully saturated rings. The zero-order valence-electron chi connectivity index (χ0n) is 11.3. The fraction of sp³-hybridized carbons (Fsp3) is 0.429. The van der Waals surface area contributed by atoms with Crippen LogP contribution in [0.25, 0.3) is 0 Å². The van der Waals surface area contributed by atoms with Crippen LogP contribution in [0, 0.1) is 0 Å². The molecule has 1 aromatic heterocycles. The van der Waals surface area contributed by atoms with E-state index >= 15 is 0 Å². The molecule has 0 aliphatic heterocycles. The van der Waals surface area contributed by atoms with E-state index in [1.807, 2.05) is 24.3 Å². The minimum Gasteiger partial charge on any atom is -0.496 e. The Morgan fingerprint density at radius 3 is 2.89 bits per heavy atom. The Hall–Kier alpha value is -1.88. The molecule has 1 atom stereocenters. The summed E-state index contributed by atoms with van der Waals surface area (Å²) in [5, 5.41) is 3.97. The largest absolute Gasteiger partial charge is 0.496 e. The lowest BCUT2D eigenvalue weighted by Crippen LogP contribution is -2.10. The highest BCUT2D eigenvalue weighted by Gasteiger charge is 2.15. The molecule has 1 heterocycles. The number of hydrogen-bond donors (Lipinski definition) is 1. The molecule has 0 amide bonds. The first-order chi connectivity index (χ1) is 9.24. The summed E-state index contributed by atoms with van der Waals surface area (Å²) < 4.78 is 10.5. The van der Waals surface area contributed by atoms with Crippen LogP contribution < -0.4 is 10.5 Å². The van der Waals surface area contributed by atoms with Gasteiger partial charge in [0.1, 0.15) is 5.75 Å². The molecule has 1 aromatic carbocycles. The van der Waals surface area contributed by atoms with E-state index in [1.54, 1.807) is 7.11 Å². The van der Waals surface area contributed by atoms with Crippen LogP contribution in [0.1, 0.15) is 43.1 Å². The summed E-state index contributed by atoms with van der Waals surface area (Å²) in [7, 11) is 1.65. The van der Waals surface area contributed by atoms with Gasteiger partial charge < -0.3 is 15.0 Å². The molecular formula is C14H19N3O2. The SMILES string of the molecule is CCC[C@@H](N)c1nc(Cc2ccccc2OC)no1. The molecule has 0 aliphatic rings. The topological polar surface area (TPSA) is 74.2 Å². The van der Waals surface area contributed by atoms with Crippen LogP contribution in [-0.4, -0.2) is 17.3 Å². The fourth-order valence-electron chi connectivity index (χ4n) is 1.94. The van der Waals surface area contributed by atoms with Gasteiger partial charge in [-0.25, -0.2) is 0 Å². The van der Waals surface area contributed by atoms with Gasteiger partial charge >= 0.3 is 0 Å². The van der Waals surface area contributed by atoms with Crippen molar-refractivity contribution in [2.45, 2.75) is 32.2 Å². The molecule has 2 N–H and O–H groups in total. The maximum absolute atomic E-state index is 5.95. The molecule has 0 spiro atoms. The van der Waals surface area contributed by atoms with Gasteiger partial charge in [0.25, 0.3) is 0 Å². The second kappa shape index (κ2) is 6.33. The highest BCUT2D eigenvalue weighted by molar-refractivity contribution is 5.35. The molecule has 0 saturated heterocycles. The summed E-state index contributed by atoms with van der Waals surface area (Å²) in [4.78, 5) is 4.34. The van der Waals surface area contributed by atoms with E-state index in [0.717, 1.165) is 24.2 Å². The zero-order valence-corrected chi connectivity index (χ0v) is 11.3. The van der Waals surface area contributed by atoms with Gasteiger partial charge in [-0.1, -0.05) is 36.7 Å². The predicted octanol–water partition coefficient (Wildman–Crippen LogP) is 2.47. The Kier molecular flexibility index (Phi) is 4.52. The van der Waals surface area contributed by atoms with Gasteiger partial charge in [0.05, 0.1) is 13.2 Å². The minimum atomic E-state index is -0.177. The summed E-state index contributed by atoms with van der Waals surface area (Å²) in [6, 6.07) is 7.62. The van der Waals surface area contributed by atoms with Crippen LogP contribution in [0.2, 0.25) is 0 Å². The van der Waals surface area contributed by atoms with E-state index in [4.69, 9.17) is 15.0 Å². The first-order valence-corrected chi connectivity index (χ1v) is 6.44. The molecule has 102 valence electrons. The molecule has 5 heteroatoms. The maximum atomic E-state index is 5.95. The van der Waals surface area contributed by atoms with Crippen molar-refractivity contribution in [1.82, 2.24) is 10.1 Å². The first kappa shape index (κ1) is 13.5. The van der Waals surface area contributed by atoms with Crippen molar-refractivity contribution >= 4 is 0 Å². The lowest BCUT2D eigenvalue weighted by Gasteiger charge is -2.05. The van der Waals surface area contributed by atoms with Gasteiger partial charge in [-0.15, -0.1) is 0 Å². The van der Waals surface area contributed by atoms with Crippen LogP contribution in [0.15, 0.2) is 28.8 Å². The summed E-state index contributed by atoms with van der Waals surface area (Å²) in [5.41, 5.74) is 6.98. The Bertz CT molecular complexity index is 525. The molecule has 0 bridgehead atoms. The van der Waals surface area contributed by atoms with Crippen LogP contribution in [0.5, 0.6) is 5.75 Å². The molecule has 19 heavy (non-hydrogen) atoms. The molecule has 0 saturated carbocycles. The molecular weight excluding hydrogens is 242 g/mol. The normalized spacial score (nSPS) is 12.4. The van der Waals surface area contributed by atoms with Crippen molar-refractivity contribution in [2.24, 2.45) is 5.73 Å². The van der Waals surface area contributed by atoms with E-state index in [1.165, 1.54) is 0 Å². The van der Waals surface area contributed by atoms with E-state index in [2.05, 4.69) is 17.1 Å². The average molecular weight is 261 g/mol. The minimum absolute atomic E-state index is 0.177. The lowest BCUT2D eigenvalue weighted by atomic mass is 10.1. The number of ether oxygens (including phenoxy) is 1. The number of nitrogens with two attached hydrogens (primary N) is 1. The predicted molar refractivity (Wildman–Crippen MR) is 71.9 cm³/mol. The van der Waals surface area contributed by atoms with Gasteiger partial charge in [0, 0.05) is 12.0 Å². The summed E-state index contributed by atoms with van der Waals surface area (Å²) in [6.07, 6.45) is 2.41. The third kappa shape index (κ3) is 3.32. The summed E-state index contributed by atoms with van der Waals surface area (Å²) in [6.45, 7) is 2.08. The number of aromatic nitrogens is 2. The second-order valence-electron chi connectivity index (χ2n) is 4.43. The maximum Gasteiger partial charge on any atom is 0.243 e. The van der Waals surface area contributed by atoms with Crippen molar-refractivity contribution in [3.63, 3.8) is 0 Å². The monoisotopic (exact) mass is 261 g/mol. The number of hydrogen-bond acceptors (Lipinski definition) is 5. The molecule has 0 radical (unpaired) electrons.